The normalized spacial score (nSPS) is 24.1. The van der Waals surface area contributed by atoms with Crippen molar-refractivity contribution < 1.29 is 14.3 Å². The molecule has 2 rings (SSSR count). The highest BCUT2D eigenvalue weighted by atomic mass is 16.6. The van der Waals surface area contributed by atoms with Gasteiger partial charge in [-0.2, -0.15) is 0 Å². The molecule has 150 valence electrons. The van der Waals surface area contributed by atoms with E-state index in [1.807, 2.05) is 20.8 Å². The van der Waals surface area contributed by atoms with Gasteiger partial charge in [-0.15, -0.1) is 0 Å². The van der Waals surface area contributed by atoms with Crippen molar-refractivity contribution in [3.63, 3.8) is 0 Å². The molecule has 2 aliphatic rings. The van der Waals surface area contributed by atoms with E-state index in [4.69, 9.17) is 9.47 Å². The van der Waals surface area contributed by atoms with Gasteiger partial charge in [0.2, 0.25) is 0 Å². The Morgan fingerprint density at radius 1 is 1.27 bits per heavy atom. The highest BCUT2D eigenvalue weighted by Crippen LogP contribution is 2.22. The molecule has 0 aromatic heterocycles. The van der Waals surface area contributed by atoms with E-state index >= 15 is 0 Å². The number of nitrogens with zero attached hydrogens (tertiary/aromatic N) is 2. The van der Waals surface area contributed by atoms with Crippen LogP contribution in [-0.4, -0.2) is 81.1 Å². The minimum Gasteiger partial charge on any atom is -0.444 e. The summed E-state index contributed by atoms with van der Waals surface area (Å²) in [7, 11) is 1.76. The summed E-state index contributed by atoms with van der Waals surface area (Å²) in [6.45, 7) is 10.6. The topological polar surface area (TPSA) is 87.2 Å². The van der Waals surface area contributed by atoms with Gasteiger partial charge in [-0.1, -0.05) is 0 Å². The number of nitrogens with one attached hydrogen (secondary N) is 3. The zero-order chi connectivity index (χ0) is 19.0. The molecule has 8 heteroatoms. The number of morpholine rings is 1. The largest absolute Gasteiger partial charge is 0.444 e. The van der Waals surface area contributed by atoms with Gasteiger partial charge >= 0.3 is 6.09 Å². The summed E-state index contributed by atoms with van der Waals surface area (Å²) in [5, 5.41) is 9.33. The van der Waals surface area contributed by atoms with Crippen molar-refractivity contribution in [1.82, 2.24) is 20.9 Å². The van der Waals surface area contributed by atoms with Crippen LogP contribution in [0.2, 0.25) is 0 Å². The molecule has 3 N–H and O–H groups in total. The quantitative estimate of drug-likeness (QED) is 0.367. The first-order valence-electron chi connectivity index (χ1n) is 9.64. The molecule has 0 bridgehead atoms. The molecule has 0 saturated carbocycles. The molecule has 2 unspecified atom stereocenters. The van der Waals surface area contributed by atoms with Gasteiger partial charge in [0.1, 0.15) is 5.60 Å². The molecule has 8 nitrogen and oxygen atoms in total. The van der Waals surface area contributed by atoms with Crippen LogP contribution in [-0.2, 0) is 9.47 Å². The zero-order valence-electron chi connectivity index (χ0n) is 16.6. The number of carbonyl (C=O) groups excluding carboxylic acids is 1. The van der Waals surface area contributed by atoms with E-state index < -0.39 is 5.60 Å². The Morgan fingerprint density at radius 2 is 2.04 bits per heavy atom. The second-order valence-corrected chi connectivity index (χ2v) is 7.91. The van der Waals surface area contributed by atoms with E-state index in [0.29, 0.717) is 12.6 Å². The highest BCUT2D eigenvalue weighted by molar-refractivity contribution is 5.79. The van der Waals surface area contributed by atoms with Gasteiger partial charge in [0.05, 0.1) is 12.7 Å². The van der Waals surface area contributed by atoms with E-state index in [1.54, 1.807) is 7.05 Å². The Hall–Kier alpha value is -1.54. The van der Waals surface area contributed by atoms with Crippen LogP contribution >= 0.6 is 0 Å². The number of amides is 1. The first-order valence-corrected chi connectivity index (χ1v) is 9.64. The van der Waals surface area contributed by atoms with Gasteiger partial charge in [-0.3, -0.25) is 9.89 Å². The second-order valence-electron chi connectivity index (χ2n) is 7.91. The summed E-state index contributed by atoms with van der Waals surface area (Å²) < 4.78 is 11.1. The van der Waals surface area contributed by atoms with Crippen LogP contribution in [0.25, 0.3) is 0 Å². The Balaban J connectivity index is 1.55. The van der Waals surface area contributed by atoms with Crippen LogP contribution in [0.1, 0.15) is 40.0 Å². The summed E-state index contributed by atoms with van der Waals surface area (Å²) in [5.41, 5.74) is -0.468. The Kier molecular flexibility index (Phi) is 7.96. The van der Waals surface area contributed by atoms with Crippen molar-refractivity contribution in [3.8, 4) is 0 Å². The van der Waals surface area contributed by atoms with Crippen LogP contribution in [0.4, 0.5) is 4.79 Å². The third-order valence-electron chi connectivity index (χ3n) is 4.50. The summed E-state index contributed by atoms with van der Waals surface area (Å²) in [6.07, 6.45) is 3.16. The average molecular weight is 370 g/mol. The first kappa shape index (κ1) is 20.8. The number of ether oxygens (including phenoxy) is 2. The van der Waals surface area contributed by atoms with Crippen molar-refractivity contribution in [3.05, 3.63) is 0 Å². The summed E-state index contributed by atoms with van der Waals surface area (Å²) in [6, 6.07) is 0.626. The molecule has 1 amide bonds. The molecule has 0 aliphatic carbocycles. The smallest absolute Gasteiger partial charge is 0.407 e. The van der Waals surface area contributed by atoms with Gasteiger partial charge in [0.15, 0.2) is 5.96 Å². The molecule has 0 spiro atoms. The number of guanidine groups is 1. The van der Waals surface area contributed by atoms with Crippen molar-refractivity contribution in [2.24, 2.45) is 4.99 Å². The number of rotatable bonds is 6. The van der Waals surface area contributed by atoms with Gasteiger partial charge in [0, 0.05) is 39.3 Å². The molecule has 2 saturated heterocycles. The lowest BCUT2D eigenvalue weighted by atomic mass is 10.2. The fourth-order valence-electron chi connectivity index (χ4n) is 3.24. The highest BCUT2D eigenvalue weighted by Gasteiger charge is 2.32. The Labute approximate surface area is 157 Å². The zero-order valence-corrected chi connectivity index (χ0v) is 16.6. The second kappa shape index (κ2) is 9.97. The van der Waals surface area contributed by atoms with Crippen LogP contribution < -0.4 is 16.0 Å². The van der Waals surface area contributed by atoms with E-state index in [2.05, 4.69) is 25.8 Å². The number of alkyl carbamates (subject to hydrolysis) is 1. The lowest BCUT2D eigenvalue weighted by Crippen LogP contribution is -2.51. The standard InChI is InChI=1S/C18H35N5O3/c1-18(2,3)26-17(24)21-9-6-8-20-16(19-4)22-11-15-12-23-10-5-7-14(23)13-25-15/h14-15H,5-13H2,1-4H3,(H,21,24)(H2,19,20,22). The first-order chi connectivity index (χ1) is 12.4. The molecular formula is C18H35N5O3. The maximum Gasteiger partial charge on any atom is 0.407 e. The van der Waals surface area contributed by atoms with Gasteiger partial charge < -0.3 is 25.4 Å². The molecule has 0 radical (unpaired) electrons. The average Bonchev–Trinajstić information content (AvgIpc) is 3.03. The molecule has 0 aromatic carbocycles. The van der Waals surface area contributed by atoms with E-state index in [9.17, 15) is 4.79 Å². The number of carbonyl (C=O) groups is 1. The van der Waals surface area contributed by atoms with Gasteiger partial charge in [-0.25, -0.2) is 4.79 Å². The van der Waals surface area contributed by atoms with Crippen LogP contribution in [0.15, 0.2) is 4.99 Å². The molecule has 2 heterocycles. The monoisotopic (exact) mass is 369 g/mol. The van der Waals surface area contributed by atoms with E-state index in [0.717, 1.165) is 38.6 Å². The van der Waals surface area contributed by atoms with Gasteiger partial charge in [-0.05, 0) is 46.6 Å². The third kappa shape index (κ3) is 7.37. The molecule has 2 aliphatic heterocycles. The minimum absolute atomic E-state index is 0.205. The SMILES string of the molecule is CN=C(NCCCNC(=O)OC(C)(C)C)NCC1CN2CCCC2CO1. The minimum atomic E-state index is -0.468. The fourth-order valence-corrected chi connectivity index (χ4v) is 3.24. The van der Waals surface area contributed by atoms with Crippen molar-refractivity contribution in [2.45, 2.75) is 57.8 Å². The Bertz CT molecular complexity index is 478. The number of hydrogen-bond acceptors (Lipinski definition) is 5. The molecule has 26 heavy (non-hydrogen) atoms. The molecule has 0 aromatic rings. The molecular weight excluding hydrogens is 334 g/mol. The predicted octanol–water partition coefficient (Wildman–Crippen LogP) is 0.929. The van der Waals surface area contributed by atoms with Crippen LogP contribution in [0, 0.1) is 0 Å². The van der Waals surface area contributed by atoms with E-state index in [1.165, 1.54) is 19.4 Å². The lowest BCUT2D eigenvalue weighted by Gasteiger charge is -2.35. The molecule has 2 fully saturated rings. The van der Waals surface area contributed by atoms with Crippen molar-refractivity contribution >= 4 is 12.1 Å². The fraction of sp³-hybridized carbons (Fsp3) is 0.889. The summed E-state index contributed by atoms with van der Waals surface area (Å²) in [4.78, 5) is 18.3. The lowest BCUT2D eigenvalue weighted by molar-refractivity contribution is -0.0453. The Morgan fingerprint density at radius 3 is 2.77 bits per heavy atom. The maximum atomic E-state index is 11.6. The van der Waals surface area contributed by atoms with Crippen molar-refractivity contribution in [1.29, 1.82) is 0 Å². The van der Waals surface area contributed by atoms with Crippen LogP contribution in [0.3, 0.4) is 0 Å². The summed E-state index contributed by atoms with van der Waals surface area (Å²) in [5.74, 6) is 0.759. The third-order valence-corrected chi connectivity index (χ3v) is 4.50. The summed E-state index contributed by atoms with van der Waals surface area (Å²) >= 11 is 0. The van der Waals surface area contributed by atoms with Crippen molar-refractivity contribution in [2.75, 3.05) is 46.4 Å². The number of hydrogen-bond donors (Lipinski definition) is 3. The van der Waals surface area contributed by atoms with Gasteiger partial charge in [0.25, 0.3) is 0 Å². The van der Waals surface area contributed by atoms with Crippen LogP contribution in [0.5, 0.6) is 0 Å². The predicted molar refractivity (Wildman–Crippen MR) is 103 cm³/mol. The van der Waals surface area contributed by atoms with E-state index in [-0.39, 0.29) is 12.2 Å². The molecule has 2 atom stereocenters. The maximum absolute atomic E-state index is 11.6. The number of aliphatic imine (C=N–C) groups is 1. The number of fused-ring (bicyclic) bond motifs is 1.